The number of carbonyl (C=O) groups is 2. The highest BCUT2D eigenvalue weighted by atomic mass is 16.7. The third-order valence-corrected chi connectivity index (χ3v) is 5.43. The second-order valence-corrected chi connectivity index (χ2v) is 8.38. The fourth-order valence-electron chi connectivity index (χ4n) is 5.11. The molecule has 0 aromatic rings. The van der Waals surface area contributed by atoms with Gasteiger partial charge in [-0.05, 0) is 48.9 Å². The molecule has 2 rings (SSSR count). The van der Waals surface area contributed by atoms with Gasteiger partial charge < -0.3 is 14.8 Å². The maximum absolute atomic E-state index is 12.1. The molecule has 0 saturated heterocycles. The lowest BCUT2D eigenvalue weighted by Crippen LogP contribution is -2.60. The Bertz CT molecular complexity index is 436. The van der Waals surface area contributed by atoms with Gasteiger partial charge in [0.15, 0.2) is 0 Å². The van der Waals surface area contributed by atoms with Gasteiger partial charge in [-0.15, -0.1) is 0 Å². The first-order valence-corrected chi connectivity index (χ1v) is 8.22. The molecule has 0 aromatic carbocycles. The normalized spacial score (nSPS) is 36.3. The first-order valence-electron chi connectivity index (χ1n) is 8.22. The number of carbonyl (C=O) groups excluding carboxylic acids is 2. The molecule has 2 aliphatic carbocycles. The van der Waals surface area contributed by atoms with Crippen molar-refractivity contribution in [3.8, 4) is 0 Å². The fraction of sp³-hybridized carbons (Fsp3) is 0.882. The van der Waals surface area contributed by atoms with Gasteiger partial charge >= 0.3 is 6.09 Å². The number of amides is 1. The van der Waals surface area contributed by atoms with Gasteiger partial charge in [0.05, 0.1) is 0 Å². The van der Waals surface area contributed by atoms with E-state index in [9.17, 15) is 9.59 Å². The van der Waals surface area contributed by atoms with E-state index >= 15 is 0 Å². The van der Waals surface area contributed by atoms with Crippen LogP contribution in [0.25, 0.3) is 0 Å². The average molecular weight is 311 g/mol. The van der Waals surface area contributed by atoms with Gasteiger partial charge in [0.1, 0.15) is 0 Å². The Morgan fingerprint density at radius 1 is 1.23 bits per heavy atom. The lowest BCUT2D eigenvalue weighted by atomic mass is 9.52. The van der Waals surface area contributed by atoms with E-state index in [0.717, 1.165) is 25.7 Å². The van der Waals surface area contributed by atoms with Crippen molar-refractivity contribution >= 4 is 12.6 Å². The van der Waals surface area contributed by atoms with Crippen molar-refractivity contribution in [1.29, 1.82) is 0 Å². The number of hydrogen-bond acceptors (Lipinski definition) is 4. The zero-order chi connectivity index (χ0) is 16.4. The zero-order valence-corrected chi connectivity index (χ0v) is 14.2. The molecule has 2 saturated carbocycles. The Labute approximate surface area is 133 Å². The summed E-state index contributed by atoms with van der Waals surface area (Å²) in [7, 11) is 0. The van der Waals surface area contributed by atoms with E-state index in [0.29, 0.717) is 5.92 Å². The Morgan fingerprint density at radius 2 is 1.95 bits per heavy atom. The molecule has 1 amide bonds. The van der Waals surface area contributed by atoms with Crippen LogP contribution in [-0.4, -0.2) is 24.9 Å². The molecule has 2 fully saturated rings. The van der Waals surface area contributed by atoms with Crippen LogP contribution in [0.15, 0.2) is 0 Å². The molecule has 22 heavy (non-hydrogen) atoms. The number of alkyl carbamates (subject to hydrolysis) is 1. The highest BCUT2D eigenvalue weighted by Crippen LogP contribution is 2.56. The molecule has 2 aliphatic rings. The number of nitrogens with one attached hydrogen (secondary N) is 1. The van der Waals surface area contributed by atoms with Crippen LogP contribution in [-0.2, 0) is 14.3 Å². The van der Waals surface area contributed by atoms with E-state index in [1.54, 1.807) is 0 Å². The van der Waals surface area contributed by atoms with Crippen LogP contribution in [0.1, 0.15) is 66.2 Å². The predicted octanol–water partition coefficient (Wildman–Crippen LogP) is 3.62. The van der Waals surface area contributed by atoms with Crippen molar-refractivity contribution in [3.05, 3.63) is 0 Å². The monoisotopic (exact) mass is 311 g/mol. The molecule has 0 spiro atoms. The van der Waals surface area contributed by atoms with Gasteiger partial charge in [-0.2, -0.15) is 0 Å². The standard InChI is InChI=1S/C17H29NO4/c1-5-16(4)7-13-6-15(2,3)9-17(8-13,10-16)18-14(20)22-12-21-11-19/h11,13H,5-10,12H2,1-4H3,(H,18,20). The summed E-state index contributed by atoms with van der Waals surface area (Å²) in [6.45, 7) is 9.07. The molecule has 126 valence electrons. The van der Waals surface area contributed by atoms with E-state index in [1.165, 1.54) is 12.8 Å². The summed E-state index contributed by atoms with van der Waals surface area (Å²) in [6, 6.07) is 0. The Kier molecular flexibility index (Phi) is 4.73. The van der Waals surface area contributed by atoms with Crippen molar-refractivity contribution < 1.29 is 19.1 Å². The van der Waals surface area contributed by atoms with Crippen molar-refractivity contribution in [1.82, 2.24) is 5.32 Å². The summed E-state index contributed by atoms with van der Waals surface area (Å²) in [5.74, 6) is 0.647. The molecular weight excluding hydrogens is 282 g/mol. The minimum absolute atomic E-state index is 0.201. The third kappa shape index (κ3) is 3.93. The molecule has 0 aliphatic heterocycles. The van der Waals surface area contributed by atoms with E-state index < -0.39 is 6.09 Å². The number of hydrogen-bond donors (Lipinski definition) is 1. The van der Waals surface area contributed by atoms with E-state index in [1.807, 2.05) is 0 Å². The molecule has 3 unspecified atom stereocenters. The van der Waals surface area contributed by atoms with Gasteiger partial charge in [0.2, 0.25) is 6.79 Å². The molecular formula is C17H29NO4. The van der Waals surface area contributed by atoms with Gasteiger partial charge in [-0.25, -0.2) is 4.79 Å². The summed E-state index contributed by atoms with van der Waals surface area (Å²) >= 11 is 0. The molecule has 0 heterocycles. The third-order valence-electron chi connectivity index (χ3n) is 5.43. The van der Waals surface area contributed by atoms with E-state index in [2.05, 4.69) is 37.7 Å². The van der Waals surface area contributed by atoms with Crippen LogP contribution >= 0.6 is 0 Å². The number of rotatable bonds is 5. The highest BCUT2D eigenvalue weighted by molar-refractivity contribution is 5.68. The average Bonchev–Trinajstić information content (AvgIpc) is 2.35. The smallest absolute Gasteiger partial charge is 0.410 e. The lowest BCUT2D eigenvalue weighted by molar-refractivity contribution is -0.136. The first kappa shape index (κ1) is 17.1. The van der Waals surface area contributed by atoms with Crippen molar-refractivity contribution in [3.63, 3.8) is 0 Å². The predicted molar refractivity (Wildman–Crippen MR) is 83.1 cm³/mol. The fourth-order valence-corrected chi connectivity index (χ4v) is 5.11. The molecule has 0 radical (unpaired) electrons. The van der Waals surface area contributed by atoms with Crippen LogP contribution in [0.4, 0.5) is 4.79 Å². The minimum atomic E-state index is -0.487. The summed E-state index contributed by atoms with van der Waals surface area (Å²) in [6.07, 6.45) is 6.07. The molecule has 0 aromatic heterocycles. The molecule has 5 nitrogen and oxygen atoms in total. The zero-order valence-electron chi connectivity index (χ0n) is 14.2. The topological polar surface area (TPSA) is 64.6 Å². The minimum Gasteiger partial charge on any atom is -0.430 e. The summed E-state index contributed by atoms with van der Waals surface area (Å²) < 4.78 is 9.37. The summed E-state index contributed by atoms with van der Waals surface area (Å²) in [5, 5.41) is 3.11. The summed E-state index contributed by atoms with van der Waals surface area (Å²) in [4.78, 5) is 22.2. The van der Waals surface area contributed by atoms with Crippen LogP contribution in [0.3, 0.4) is 0 Å². The van der Waals surface area contributed by atoms with Crippen molar-refractivity contribution in [2.75, 3.05) is 6.79 Å². The molecule has 2 bridgehead atoms. The quantitative estimate of drug-likeness (QED) is 0.478. The highest BCUT2D eigenvalue weighted by Gasteiger charge is 2.52. The van der Waals surface area contributed by atoms with Crippen molar-refractivity contribution in [2.24, 2.45) is 16.7 Å². The second kappa shape index (κ2) is 6.09. The molecule has 1 N–H and O–H groups in total. The lowest BCUT2D eigenvalue weighted by Gasteiger charge is -2.57. The van der Waals surface area contributed by atoms with E-state index in [4.69, 9.17) is 4.74 Å². The van der Waals surface area contributed by atoms with Crippen molar-refractivity contribution in [2.45, 2.75) is 71.8 Å². The maximum Gasteiger partial charge on any atom is 0.410 e. The molecule has 3 atom stereocenters. The Morgan fingerprint density at radius 3 is 2.59 bits per heavy atom. The largest absolute Gasteiger partial charge is 0.430 e. The van der Waals surface area contributed by atoms with Gasteiger partial charge in [0, 0.05) is 5.54 Å². The van der Waals surface area contributed by atoms with Crippen LogP contribution in [0, 0.1) is 16.7 Å². The number of ether oxygens (including phenoxy) is 2. The van der Waals surface area contributed by atoms with Crippen LogP contribution in [0.2, 0.25) is 0 Å². The maximum atomic E-state index is 12.1. The Balaban J connectivity index is 2.11. The Hall–Kier alpha value is -1.26. The molecule has 5 heteroatoms. The second-order valence-electron chi connectivity index (χ2n) is 8.38. The van der Waals surface area contributed by atoms with Crippen LogP contribution < -0.4 is 5.32 Å². The van der Waals surface area contributed by atoms with Gasteiger partial charge in [-0.3, -0.25) is 4.79 Å². The summed E-state index contributed by atoms with van der Waals surface area (Å²) in [5.41, 5.74) is 0.296. The number of fused-ring (bicyclic) bond motifs is 2. The van der Waals surface area contributed by atoms with Gasteiger partial charge in [-0.1, -0.05) is 34.1 Å². The first-order chi connectivity index (χ1) is 10.2. The van der Waals surface area contributed by atoms with Crippen LogP contribution in [0.5, 0.6) is 0 Å². The SMILES string of the molecule is CCC1(C)CC2CC(C)(C)CC(NC(=O)OCOC=O)(C2)C1. The van der Waals surface area contributed by atoms with Gasteiger partial charge in [0.25, 0.3) is 6.47 Å². The van der Waals surface area contributed by atoms with E-state index in [-0.39, 0.29) is 29.6 Å².